The molecule has 0 aliphatic carbocycles. The summed E-state index contributed by atoms with van der Waals surface area (Å²) < 4.78 is 22.2. The van der Waals surface area contributed by atoms with Gasteiger partial charge in [-0.2, -0.15) is 0 Å². The molecule has 1 aromatic rings. The van der Waals surface area contributed by atoms with Crippen molar-refractivity contribution in [1.82, 2.24) is 0 Å². The lowest BCUT2D eigenvalue weighted by Crippen LogP contribution is -2.04. The highest BCUT2D eigenvalue weighted by molar-refractivity contribution is 7.90. The minimum Gasteiger partial charge on any atom is -0.393 e. The number of benzene rings is 1. The van der Waals surface area contributed by atoms with Crippen molar-refractivity contribution in [3.8, 4) is 0 Å². The van der Waals surface area contributed by atoms with Gasteiger partial charge in [-0.15, -0.1) is 0 Å². The van der Waals surface area contributed by atoms with Gasteiger partial charge in [-0.3, -0.25) is 0 Å². The van der Waals surface area contributed by atoms with Crippen molar-refractivity contribution in [3.05, 3.63) is 29.8 Å². The van der Waals surface area contributed by atoms with E-state index >= 15 is 0 Å². The Morgan fingerprint density at radius 2 is 1.79 bits per heavy atom. The van der Waals surface area contributed by atoms with Crippen molar-refractivity contribution in [1.29, 1.82) is 0 Å². The molecule has 0 amide bonds. The lowest BCUT2D eigenvalue weighted by molar-refractivity contribution is 0.195. The summed E-state index contributed by atoms with van der Waals surface area (Å²) in [5.41, 5.74) is 0.937. The monoisotopic (exact) mass is 214 g/mol. The van der Waals surface area contributed by atoms with Gasteiger partial charge in [-0.1, -0.05) is 12.1 Å². The van der Waals surface area contributed by atoms with Crippen molar-refractivity contribution in [3.63, 3.8) is 0 Å². The van der Waals surface area contributed by atoms with Gasteiger partial charge in [0.1, 0.15) is 0 Å². The normalized spacial score (nSPS) is 13.9. The van der Waals surface area contributed by atoms with E-state index in [2.05, 4.69) is 0 Å². The molecule has 0 spiro atoms. The first-order chi connectivity index (χ1) is 6.39. The van der Waals surface area contributed by atoms with Crippen molar-refractivity contribution < 1.29 is 13.5 Å². The van der Waals surface area contributed by atoms with E-state index in [1.165, 1.54) is 6.26 Å². The van der Waals surface area contributed by atoms with E-state index in [-0.39, 0.29) is 0 Å². The number of hydrogen-bond acceptors (Lipinski definition) is 3. The van der Waals surface area contributed by atoms with Crippen LogP contribution in [-0.4, -0.2) is 25.9 Å². The molecule has 1 atom stereocenters. The van der Waals surface area contributed by atoms with Crippen LogP contribution in [0.1, 0.15) is 12.5 Å². The lowest BCUT2D eigenvalue weighted by Gasteiger charge is -2.04. The number of aliphatic hydroxyl groups excluding tert-OH is 1. The minimum atomic E-state index is -3.11. The highest BCUT2D eigenvalue weighted by atomic mass is 32.2. The Balaban J connectivity index is 2.90. The first kappa shape index (κ1) is 11.2. The van der Waals surface area contributed by atoms with Crippen LogP contribution in [0.5, 0.6) is 0 Å². The molecule has 0 fully saturated rings. The van der Waals surface area contributed by atoms with Gasteiger partial charge in [-0.25, -0.2) is 8.42 Å². The summed E-state index contributed by atoms with van der Waals surface area (Å²) in [6.07, 6.45) is 1.32. The zero-order valence-electron chi connectivity index (χ0n) is 8.27. The quantitative estimate of drug-likeness (QED) is 0.817. The minimum absolute atomic E-state index is 0.312. The zero-order chi connectivity index (χ0) is 10.8. The zero-order valence-corrected chi connectivity index (χ0v) is 9.08. The average Bonchev–Trinajstić information content (AvgIpc) is 2.02. The second-order valence-electron chi connectivity index (χ2n) is 3.47. The molecular formula is C10H14O3S. The first-order valence-corrected chi connectivity index (χ1v) is 6.26. The molecule has 0 aliphatic rings. The Bertz CT molecular complexity index is 390. The van der Waals surface area contributed by atoms with Gasteiger partial charge in [-0.05, 0) is 31.0 Å². The molecule has 3 nitrogen and oxygen atoms in total. The van der Waals surface area contributed by atoms with E-state index in [0.29, 0.717) is 11.3 Å². The third-order valence-corrected chi connectivity index (χ3v) is 3.01. The summed E-state index contributed by atoms with van der Waals surface area (Å²) in [5, 5.41) is 9.12. The average molecular weight is 214 g/mol. The smallest absolute Gasteiger partial charge is 0.175 e. The van der Waals surface area contributed by atoms with Gasteiger partial charge in [0.2, 0.25) is 0 Å². The van der Waals surface area contributed by atoms with Crippen LogP contribution in [0.2, 0.25) is 0 Å². The molecule has 0 heterocycles. The topological polar surface area (TPSA) is 54.4 Å². The van der Waals surface area contributed by atoms with Crippen LogP contribution in [0.3, 0.4) is 0 Å². The molecule has 1 aromatic carbocycles. The maximum Gasteiger partial charge on any atom is 0.175 e. The van der Waals surface area contributed by atoms with Crippen LogP contribution in [0.15, 0.2) is 29.2 Å². The van der Waals surface area contributed by atoms with Crippen molar-refractivity contribution in [2.45, 2.75) is 24.3 Å². The van der Waals surface area contributed by atoms with Crippen LogP contribution < -0.4 is 0 Å². The summed E-state index contributed by atoms with van der Waals surface area (Å²) in [6, 6.07) is 6.58. The largest absolute Gasteiger partial charge is 0.393 e. The van der Waals surface area contributed by atoms with Gasteiger partial charge in [0.15, 0.2) is 9.84 Å². The maximum atomic E-state index is 11.1. The summed E-state index contributed by atoms with van der Waals surface area (Å²) in [7, 11) is -3.11. The molecule has 0 unspecified atom stereocenters. The van der Waals surface area contributed by atoms with Crippen LogP contribution in [-0.2, 0) is 16.3 Å². The Kier molecular flexibility index (Phi) is 3.29. The van der Waals surface area contributed by atoms with Crippen LogP contribution in [0.4, 0.5) is 0 Å². The summed E-state index contributed by atoms with van der Waals surface area (Å²) in [6.45, 7) is 1.70. The van der Waals surface area contributed by atoms with Gasteiger partial charge >= 0.3 is 0 Å². The van der Waals surface area contributed by atoms with Crippen molar-refractivity contribution in [2.24, 2.45) is 0 Å². The van der Waals surface area contributed by atoms with Gasteiger partial charge < -0.3 is 5.11 Å². The standard InChI is InChI=1S/C10H14O3S/c1-8(11)7-9-3-5-10(6-4-9)14(2,12)13/h3-6,8,11H,7H2,1-2H3/t8-/m1/s1. The van der Waals surface area contributed by atoms with Gasteiger partial charge in [0.05, 0.1) is 11.0 Å². The van der Waals surface area contributed by atoms with Crippen molar-refractivity contribution in [2.75, 3.05) is 6.26 Å². The van der Waals surface area contributed by atoms with Crippen LogP contribution in [0, 0.1) is 0 Å². The van der Waals surface area contributed by atoms with Gasteiger partial charge in [0.25, 0.3) is 0 Å². The SMILES string of the molecule is C[C@@H](O)Cc1ccc(S(C)(=O)=O)cc1. The Morgan fingerprint density at radius 3 is 2.14 bits per heavy atom. The third kappa shape index (κ3) is 3.12. The van der Waals surface area contributed by atoms with E-state index in [1.807, 2.05) is 0 Å². The Labute approximate surface area is 84.3 Å². The van der Waals surface area contributed by atoms with E-state index in [4.69, 9.17) is 5.11 Å². The molecule has 78 valence electrons. The van der Waals surface area contributed by atoms with E-state index in [1.54, 1.807) is 31.2 Å². The Hall–Kier alpha value is -0.870. The fourth-order valence-corrected chi connectivity index (χ4v) is 1.84. The maximum absolute atomic E-state index is 11.1. The molecule has 0 radical (unpaired) electrons. The molecule has 1 rings (SSSR count). The molecule has 0 saturated heterocycles. The van der Waals surface area contributed by atoms with Crippen LogP contribution >= 0.6 is 0 Å². The number of sulfone groups is 1. The molecule has 0 saturated carbocycles. The summed E-state index contributed by atoms with van der Waals surface area (Å²) in [5.74, 6) is 0. The number of rotatable bonds is 3. The molecular weight excluding hydrogens is 200 g/mol. The van der Waals surface area contributed by atoms with E-state index in [0.717, 1.165) is 5.56 Å². The van der Waals surface area contributed by atoms with E-state index in [9.17, 15) is 8.42 Å². The molecule has 4 heteroatoms. The predicted molar refractivity (Wildman–Crippen MR) is 54.9 cm³/mol. The van der Waals surface area contributed by atoms with E-state index < -0.39 is 15.9 Å². The highest BCUT2D eigenvalue weighted by Crippen LogP contribution is 2.11. The predicted octanol–water partition coefficient (Wildman–Crippen LogP) is 1.01. The first-order valence-electron chi connectivity index (χ1n) is 4.36. The molecule has 0 aliphatic heterocycles. The lowest BCUT2D eigenvalue weighted by atomic mass is 10.1. The number of aliphatic hydroxyl groups is 1. The fraction of sp³-hybridized carbons (Fsp3) is 0.400. The molecule has 14 heavy (non-hydrogen) atoms. The summed E-state index contributed by atoms with van der Waals surface area (Å²) in [4.78, 5) is 0.312. The molecule has 0 aromatic heterocycles. The Morgan fingerprint density at radius 1 is 1.29 bits per heavy atom. The van der Waals surface area contributed by atoms with Gasteiger partial charge in [0, 0.05) is 6.26 Å². The number of hydrogen-bond donors (Lipinski definition) is 1. The molecule has 1 N–H and O–H groups in total. The summed E-state index contributed by atoms with van der Waals surface area (Å²) >= 11 is 0. The fourth-order valence-electron chi connectivity index (χ4n) is 1.21. The second-order valence-corrected chi connectivity index (χ2v) is 5.48. The highest BCUT2D eigenvalue weighted by Gasteiger charge is 2.06. The second kappa shape index (κ2) is 4.11. The molecule has 0 bridgehead atoms. The van der Waals surface area contributed by atoms with Crippen LogP contribution in [0.25, 0.3) is 0 Å². The third-order valence-electron chi connectivity index (χ3n) is 1.88. The van der Waals surface area contributed by atoms with Crippen molar-refractivity contribution >= 4 is 9.84 Å².